The van der Waals surface area contributed by atoms with Gasteiger partial charge < -0.3 is 9.79 Å². The molecule has 0 rings (SSSR count). The molecule has 0 aromatic rings. The second kappa shape index (κ2) is 4.88. The topological polar surface area (TPSA) is 66.8 Å². The van der Waals surface area contributed by atoms with Crippen LogP contribution in [0.5, 0.6) is 0 Å². The van der Waals surface area contributed by atoms with E-state index in [1.54, 1.807) is 0 Å². The molecule has 0 amide bonds. The highest BCUT2D eigenvalue weighted by Gasteiger charge is 2.14. The van der Waals surface area contributed by atoms with Gasteiger partial charge in [-0.15, -0.1) is 0 Å². The lowest BCUT2D eigenvalue weighted by molar-refractivity contribution is 0.172. The average Bonchev–Trinajstić information content (AvgIpc) is 1.83. The summed E-state index contributed by atoms with van der Waals surface area (Å²) in [4.78, 5) is 16.6. The van der Waals surface area contributed by atoms with E-state index in [9.17, 15) is 4.57 Å². The van der Waals surface area contributed by atoms with Gasteiger partial charge in [-0.05, 0) is 18.8 Å². The highest BCUT2D eigenvalue weighted by molar-refractivity contribution is 7.46. The first-order valence-electron chi connectivity index (χ1n) is 3.43. The van der Waals surface area contributed by atoms with Crippen LogP contribution in [-0.4, -0.2) is 16.4 Å². The predicted molar refractivity (Wildman–Crippen MR) is 41.8 cm³/mol. The van der Waals surface area contributed by atoms with Gasteiger partial charge in [0.05, 0.1) is 6.61 Å². The van der Waals surface area contributed by atoms with E-state index in [4.69, 9.17) is 9.79 Å². The molecule has 1 unspecified atom stereocenters. The maximum absolute atomic E-state index is 10.2. The van der Waals surface area contributed by atoms with Gasteiger partial charge in [0.2, 0.25) is 0 Å². The normalized spacial score (nSPS) is 14.9. The van der Waals surface area contributed by atoms with Crippen LogP contribution >= 0.6 is 7.82 Å². The Balaban J connectivity index is 3.46. The van der Waals surface area contributed by atoms with Gasteiger partial charge in [-0.2, -0.15) is 0 Å². The lowest BCUT2D eigenvalue weighted by Crippen LogP contribution is -2.03. The summed E-state index contributed by atoms with van der Waals surface area (Å²) < 4.78 is 14.5. The van der Waals surface area contributed by atoms with Crippen molar-refractivity contribution in [3.05, 3.63) is 6.42 Å². The molecule has 0 saturated heterocycles. The summed E-state index contributed by atoms with van der Waals surface area (Å²) in [6, 6.07) is 0. The molecular weight excluding hydrogens is 167 g/mol. The Kier molecular flexibility index (Phi) is 4.93. The molecule has 67 valence electrons. The van der Waals surface area contributed by atoms with Crippen molar-refractivity contribution >= 4 is 7.82 Å². The molecule has 0 aromatic carbocycles. The van der Waals surface area contributed by atoms with Crippen LogP contribution in [0.15, 0.2) is 0 Å². The highest BCUT2D eigenvalue weighted by atomic mass is 31.2. The first-order chi connectivity index (χ1) is 4.95. The largest absolute Gasteiger partial charge is 0.469 e. The Morgan fingerprint density at radius 2 is 2.18 bits per heavy atom. The highest BCUT2D eigenvalue weighted by Crippen LogP contribution is 2.36. The third-order valence-corrected chi connectivity index (χ3v) is 1.65. The standard InChI is InChI=1S/C6H14O4P/c1-3-4-6(2)5-10-11(7,8)9/h3,6H,4-5H2,1-2H3,(H2,7,8,9). The molecule has 0 aromatic heterocycles. The Hall–Kier alpha value is 0.110. The molecule has 0 aliphatic carbocycles. The van der Waals surface area contributed by atoms with E-state index in [-0.39, 0.29) is 12.5 Å². The van der Waals surface area contributed by atoms with Crippen LogP contribution in [0.4, 0.5) is 0 Å². The van der Waals surface area contributed by atoms with Crippen molar-refractivity contribution in [1.82, 2.24) is 0 Å². The van der Waals surface area contributed by atoms with E-state index < -0.39 is 7.82 Å². The lowest BCUT2D eigenvalue weighted by Gasteiger charge is -2.10. The number of hydrogen-bond donors (Lipinski definition) is 2. The van der Waals surface area contributed by atoms with Gasteiger partial charge in [0.1, 0.15) is 0 Å². The molecule has 0 aliphatic rings. The van der Waals surface area contributed by atoms with Crippen molar-refractivity contribution in [2.75, 3.05) is 6.61 Å². The molecule has 0 spiro atoms. The fourth-order valence-corrected chi connectivity index (χ4v) is 1.14. The fourth-order valence-electron chi connectivity index (χ4n) is 0.695. The second-order valence-electron chi connectivity index (χ2n) is 2.54. The van der Waals surface area contributed by atoms with Gasteiger partial charge in [0, 0.05) is 0 Å². The Labute approximate surface area is 66.8 Å². The van der Waals surface area contributed by atoms with Crippen LogP contribution < -0.4 is 0 Å². The summed E-state index contributed by atoms with van der Waals surface area (Å²) in [5.74, 6) is 0.160. The first-order valence-corrected chi connectivity index (χ1v) is 4.96. The number of phosphoric acid groups is 1. The van der Waals surface area contributed by atoms with E-state index in [0.717, 1.165) is 6.42 Å². The molecule has 1 radical (unpaired) electrons. The Morgan fingerprint density at radius 3 is 2.55 bits per heavy atom. The fraction of sp³-hybridized carbons (Fsp3) is 0.833. The summed E-state index contributed by atoms with van der Waals surface area (Å²) in [6.07, 6.45) is 2.74. The van der Waals surface area contributed by atoms with Crippen LogP contribution in [-0.2, 0) is 9.09 Å². The maximum Gasteiger partial charge on any atom is 0.469 e. The average molecular weight is 181 g/mol. The molecule has 0 bridgehead atoms. The molecule has 5 heteroatoms. The smallest absolute Gasteiger partial charge is 0.303 e. The van der Waals surface area contributed by atoms with Crippen LogP contribution in [0.2, 0.25) is 0 Å². The van der Waals surface area contributed by atoms with Crippen molar-refractivity contribution in [3.63, 3.8) is 0 Å². The lowest BCUT2D eigenvalue weighted by atomic mass is 10.1. The molecule has 11 heavy (non-hydrogen) atoms. The number of rotatable bonds is 5. The minimum absolute atomic E-state index is 0.106. The SMILES string of the molecule is C[CH]CC(C)COP(=O)(O)O. The number of hydrogen-bond acceptors (Lipinski definition) is 2. The molecule has 2 N–H and O–H groups in total. The molecule has 0 fully saturated rings. The molecule has 0 heterocycles. The van der Waals surface area contributed by atoms with Gasteiger partial charge in [0.25, 0.3) is 0 Å². The van der Waals surface area contributed by atoms with Gasteiger partial charge in [-0.1, -0.05) is 13.8 Å². The molecule has 4 nitrogen and oxygen atoms in total. The van der Waals surface area contributed by atoms with Gasteiger partial charge in [0.15, 0.2) is 0 Å². The van der Waals surface area contributed by atoms with Crippen LogP contribution in [0.25, 0.3) is 0 Å². The van der Waals surface area contributed by atoms with Crippen molar-refractivity contribution in [3.8, 4) is 0 Å². The van der Waals surface area contributed by atoms with Crippen molar-refractivity contribution in [2.24, 2.45) is 5.92 Å². The van der Waals surface area contributed by atoms with Crippen molar-refractivity contribution < 1.29 is 18.9 Å². The van der Waals surface area contributed by atoms with Crippen molar-refractivity contribution in [2.45, 2.75) is 20.3 Å². The quantitative estimate of drug-likeness (QED) is 0.628. The zero-order valence-corrected chi connectivity index (χ0v) is 7.62. The first kappa shape index (κ1) is 11.1. The molecular formula is C6H14O4P. The van der Waals surface area contributed by atoms with E-state index in [2.05, 4.69) is 4.52 Å². The third-order valence-electron chi connectivity index (χ3n) is 1.17. The summed E-state index contributed by atoms with van der Waals surface area (Å²) in [5.41, 5.74) is 0. The summed E-state index contributed by atoms with van der Waals surface area (Å²) >= 11 is 0. The zero-order valence-electron chi connectivity index (χ0n) is 6.73. The van der Waals surface area contributed by atoms with E-state index >= 15 is 0 Å². The van der Waals surface area contributed by atoms with Crippen LogP contribution in [0.3, 0.4) is 0 Å². The Morgan fingerprint density at radius 1 is 1.64 bits per heavy atom. The zero-order chi connectivity index (χ0) is 8.91. The Bertz CT molecular complexity index is 142. The van der Waals surface area contributed by atoms with Gasteiger partial charge >= 0.3 is 7.82 Å². The van der Waals surface area contributed by atoms with E-state index in [0.29, 0.717) is 0 Å². The summed E-state index contributed by atoms with van der Waals surface area (Å²) in [6.45, 7) is 3.87. The van der Waals surface area contributed by atoms with Crippen molar-refractivity contribution in [1.29, 1.82) is 0 Å². The van der Waals surface area contributed by atoms with Crippen LogP contribution in [0.1, 0.15) is 20.3 Å². The third kappa shape index (κ3) is 8.01. The second-order valence-corrected chi connectivity index (χ2v) is 3.77. The molecule has 0 saturated carbocycles. The molecule has 0 aliphatic heterocycles. The summed E-state index contributed by atoms with van der Waals surface area (Å²) in [5, 5.41) is 0. The monoisotopic (exact) mass is 181 g/mol. The van der Waals surface area contributed by atoms with Gasteiger partial charge in [-0.25, -0.2) is 4.57 Å². The maximum atomic E-state index is 10.2. The van der Waals surface area contributed by atoms with E-state index in [1.807, 2.05) is 20.3 Å². The minimum Gasteiger partial charge on any atom is -0.303 e. The van der Waals surface area contributed by atoms with E-state index in [1.165, 1.54) is 0 Å². The molecule has 1 atom stereocenters. The van der Waals surface area contributed by atoms with Gasteiger partial charge in [-0.3, -0.25) is 4.52 Å². The van der Waals surface area contributed by atoms with Crippen LogP contribution in [0, 0.1) is 12.3 Å². The minimum atomic E-state index is -4.26. The number of phosphoric ester groups is 1. The summed E-state index contributed by atoms with van der Waals surface area (Å²) in [7, 11) is -4.26. The predicted octanol–water partition coefficient (Wildman–Crippen LogP) is 1.35.